The van der Waals surface area contributed by atoms with E-state index in [9.17, 15) is 17.9 Å². The van der Waals surface area contributed by atoms with Crippen molar-refractivity contribution in [3.63, 3.8) is 0 Å². The minimum absolute atomic E-state index is 0.0328. The molecule has 0 saturated carbocycles. The normalized spacial score (nSPS) is 26.5. The van der Waals surface area contributed by atoms with E-state index >= 15 is 4.39 Å². The summed E-state index contributed by atoms with van der Waals surface area (Å²) in [4.78, 5) is -0.0328. The van der Waals surface area contributed by atoms with E-state index in [0.717, 1.165) is 12.1 Å². The van der Waals surface area contributed by atoms with Crippen LogP contribution in [-0.2, 0) is 19.3 Å². The Hall–Kier alpha value is -1.74. The van der Waals surface area contributed by atoms with Gasteiger partial charge in [0.25, 0.3) is 0 Å². The monoisotopic (exact) mass is 472 g/mol. The molecule has 1 saturated heterocycles. The van der Waals surface area contributed by atoms with Gasteiger partial charge in [-0.1, -0.05) is 11.6 Å². The first-order valence-corrected chi connectivity index (χ1v) is 12.0. The molecule has 0 amide bonds. The third-order valence-corrected chi connectivity index (χ3v) is 9.03. The maximum Gasteiger partial charge on any atom is 0.189 e. The maximum atomic E-state index is 15.2. The van der Waals surface area contributed by atoms with E-state index in [1.54, 1.807) is 6.92 Å². The van der Waals surface area contributed by atoms with Gasteiger partial charge >= 0.3 is 0 Å². The number of ether oxygens (including phenoxy) is 2. The molecule has 0 radical (unpaired) electrons. The summed E-state index contributed by atoms with van der Waals surface area (Å²) >= 11 is 5.94. The third kappa shape index (κ3) is 3.63. The molecule has 2 aliphatic heterocycles. The van der Waals surface area contributed by atoms with E-state index in [4.69, 9.17) is 21.1 Å². The van der Waals surface area contributed by atoms with Crippen LogP contribution < -0.4 is 4.74 Å². The molecule has 0 aliphatic carbocycles. The molecule has 5 nitrogen and oxygen atoms in total. The first-order valence-electron chi connectivity index (χ1n) is 10.1. The van der Waals surface area contributed by atoms with E-state index < -0.39 is 44.3 Å². The molecular weight excluding hydrogens is 450 g/mol. The lowest BCUT2D eigenvalue weighted by Crippen LogP contribution is -2.57. The van der Waals surface area contributed by atoms with Crippen molar-refractivity contribution < 1.29 is 31.8 Å². The van der Waals surface area contributed by atoms with E-state index in [1.165, 1.54) is 24.3 Å². The summed E-state index contributed by atoms with van der Waals surface area (Å²) in [6, 6.07) is 7.51. The van der Waals surface area contributed by atoms with Crippen LogP contribution in [0, 0.1) is 17.6 Å². The molecule has 4 atom stereocenters. The Kier molecular flexibility index (Phi) is 6.02. The zero-order valence-electron chi connectivity index (χ0n) is 16.9. The SMILES string of the molecule is C[C@H](O)CC[C@@H]1OCC[C@@]2(S(=O)(=O)c3ccc(Cl)cc3)c3c(F)ccc(F)c3OC[C@@H]12. The lowest BCUT2D eigenvalue weighted by atomic mass is 9.74. The second kappa shape index (κ2) is 8.31. The van der Waals surface area contributed by atoms with Crippen molar-refractivity contribution in [2.24, 2.45) is 5.92 Å². The number of hydrogen-bond donors (Lipinski definition) is 1. The fourth-order valence-electron chi connectivity index (χ4n) is 4.74. The van der Waals surface area contributed by atoms with Gasteiger partial charge < -0.3 is 14.6 Å². The van der Waals surface area contributed by atoms with Gasteiger partial charge in [0.1, 0.15) is 10.6 Å². The smallest absolute Gasteiger partial charge is 0.189 e. The van der Waals surface area contributed by atoms with Crippen molar-refractivity contribution in [3.8, 4) is 5.75 Å². The Morgan fingerprint density at radius 3 is 2.55 bits per heavy atom. The summed E-state index contributed by atoms with van der Waals surface area (Å²) in [6.07, 6.45) is -0.545. The Morgan fingerprint density at radius 2 is 1.87 bits per heavy atom. The number of fused-ring (bicyclic) bond motifs is 3. The standard InChI is InChI=1S/C22H23ClF2O5S/c1-13(26)2-9-19-16-12-30-21-18(25)8-7-17(24)20(21)22(16,10-11-29-19)31(27,28)15-5-3-14(23)4-6-15/h3-8,13,16,19,26H,2,9-12H2,1H3/t13-,16-,19-,22-/m0/s1. The van der Waals surface area contributed by atoms with Gasteiger partial charge in [-0.25, -0.2) is 17.2 Å². The lowest BCUT2D eigenvalue weighted by Gasteiger charge is -2.50. The van der Waals surface area contributed by atoms with Crippen LogP contribution in [0.1, 0.15) is 31.7 Å². The maximum absolute atomic E-state index is 15.2. The number of benzene rings is 2. The molecule has 31 heavy (non-hydrogen) atoms. The van der Waals surface area contributed by atoms with Gasteiger partial charge in [0.05, 0.1) is 29.3 Å². The van der Waals surface area contributed by atoms with Gasteiger partial charge in [-0.05, 0) is 62.6 Å². The van der Waals surface area contributed by atoms with Crippen LogP contribution in [-0.4, -0.2) is 38.9 Å². The van der Waals surface area contributed by atoms with Crippen LogP contribution in [0.4, 0.5) is 8.78 Å². The second-order valence-corrected chi connectivity index (χ2v) is 10.7. The second-order valence-electron chi connectivity index (χ2n) is 8.08. The number of aliphatic hydroxyl groups excluding tert-OH is 1. The van der Waals surface area contributed by atoms with Crippen molar-refractivity contribution in [3.05, 3.63) is 58.6 Å². The van der Waals surface area contributed by atoms with Gasteiger partial charge in [0.15, 0.2) is 21.4 Å². The average Bonchev–Trinajstić information content (AvgIpc) is 2.74. The van der Waals surface area contributed by atoms with Crippen LogP contribution in [0.3, 0.4) is 0 Å². The summed E-state index contributed by atoms with van der Waals surface area (Å²) in [7, 11) is -4.21. The molecule has 0 unspecified atom stereocenters. The van der Waals surface area contributed by atoms with Crippen molar-refractivity contribution >= 4 is 21.4 Å². The summed E-state index contributed by atoms with van der Waals surface area (Å²) in [5.74, 6) is -2.81. The van der Waals surface area contributed by atoms with Gasteiger partial charge in [-0.15, -0.1) is 0 Å². The predicted octanol–water partition coefficient (Wildman–Crippen LogP) is 4.25. The molecule has 2 aromatic rings. The fourth-order valence-corrected chi connectivity index (χ4v) is 7.21. The van der Waals surface area contributed by atoms with Crippen molar-refractivity contribution in [2.45, 2.75) is 48.0 Å². The summed E-state index contributed by atoms with van der Waals surface area (Å²) in [6.45, 7) is 1.52. The zero-order valence-corrected chi connectivity index (χ0v) is 18.4. The molecule has 1 fully saturated rings. The van der Waals surface area contributed by atoms with Crippen LogP contribution in [0.15, 0.2) is 41.3 Å². The molecule has 9 heteroatoms. The summed E-state index contributed by atoms with van der Waals surface area (Å²) in [5.41, 5.74) is -0.288. The van der Waals surface area contributed by atoms with E-state index in [0.29, 0.717) is 17.9 Å². The highest BCUT2D eigenvalue weighted by atomic mass is 35.5. The average molecular weight is 473 g/mol. The highest BCUT2D eigenvalue weighted by Crippen LogP contribution is 2.56. The van der Waals surface area contributed by atoms with Gasteiger partial charge in [-0.3, -0.25) is 0 Å². The number of sulfone groups is 1. The fraction of sp³-hybridized carbons (Fsp3) is 0.455. The molecule has 0 spiro atoms. The summed E-state index contributed by atoms with van der Waals surface area (Å²) < 4.78 is 67.6. The molecule has 2 aromatic carbocycles. The number of aliphatic hydroxyl groups is 1. The summed E-state index contributed by atoms with van der Waals surface area (Å²) in [5, 5.41) is 10.1. The van der Waals surface area contributed by atoms with Gasteiger partial charge in [-0.2, -0.15) is 0 Å². The Morgan fingerprint density at radius 1 is 1.19 bits per heavy atom. The highest BCUT2D eigenvalue weighted by Gasteiger charge is 2.61. The molecule has 1 N–H and O–H groups in total. The van der Waals surface area contributed by atoms with Crippen LogP contribution in [0.25, 0.3) is 0 Å². The highest BCUT2D eigenvalue weighted by molar-refractivity contribution is 7.92. The zero-order chi connectivity index (χ0) is 22.4. The molecular formula is C22H23ClF2O5S. The van der Waals surface area contributed by atoms with Crippen LogP contribution >= 0.6 is 11.6 Å². The van der Waals surface area contributed by atoms with Crippen LogP contribution in [0.2, 0.25) is 5.02 Å². The van der Waals surface area contributed by atoms with Gasteiger partial charge in [0, 0.05) is 17.5 Å². The van der Waals surface area contributed by atoms with E-state index in [1.807, 2.05) is 0 Å². The van der Waals surface area contributed by atoms with Crippen molar-refractivity contribution in [1.29, 1.82) is 0 Å². The lowest BCUT2D eigenvalue weighted by molar-refractivity contribution is -0.0795. The molecule has 0 bridgehead atoms. The molecule has 168 valence electrons. The van der Waals surface area contributed by atoms with Crippen molar-refractivity contribution in [2.75, 3.05) is 13.2 Å². The van der Waals surface area contributed by atoms with Crippen LogP contribution in [0.5, 0.6) is 5.75 Å². The number of halogens is 3. The number of rotatable bonds is 5. The quantitative estimate of drug-likeness (QED) is 0.704. The minimum Gasteiger partial charge on any atom is -0.490 e. The van der Waals surface area contributed by atoms with Gasteiger partial charge in [0.2, 0.25) is 0 Å². The first-order chi connectivity index (χ1) is 14.7. The Bertz CT molecular complexity index is 1070. The Balaban J connectivity index is 1.95. The topological polar surface area (TPSA) is 72.8 Å². The largest absolute Gasteiger partial charge is 0.490 e. The first kappa shape index (κ1) is 22.5. The molecule has 4 rings (SSSR count). The molecule has 2 aliphatic rings. The predicted molar refractivity (Wildman–Crippen MR) is 111 cm³/mol. The molecule has 2 heterocycles. The van der Waals surface area contributed by atoms with Crippen molar-refractivity contribution in [1.82, 2.24) is 0 Å². The number of hydrogen-bond acceptors (Lipinski definition) is 5. The third-order valence-electron chi connectivity index (χ3n) is 6.21. The molecule has 0 aromatic heterocycles. The Labute approximate surface area is 184 Å². The minimum atomic E-state index is -4.21. The van der Waals surface area contributed by atoms with E-state index in [2.05, 4.69) is 0 Å². The van der Waals surface area contributed by atoms with E-state index in [-0.39, 0.29) is 35.8 Å².